The van der Waals surface area contributed by atoms with Crippen molar-refractivity contribution in [1.82, 2.24) is 4.90 Å². The molecule has 0 bridgehead atoms. The SMILES string of the molecule is CCCCN(CC)C1=NC(Cc2ccccc2)C(=O)N1c1ccc(OC)c(OC)c1. The Morgan fingerprint density at radius 2 is 1.77 bits per heavy atom. The topological polar surface area (TPSA) is 54.4 Å². The van der Waals surface area contributed by atoms with E-state index in [1.54, 1.807) is 19.1 Å². The largest absolute Gasteiger partial charge is 0.493 e. The first-order chi connectivity index (χ1) is 14.6. The van der Waals surface area contributed by atoms with E-state index in [2.05, 4.69) is 18.7 Å². The fraction of sp³-hybridized carbons (Fsp3) is 0.417. The summed E-state index contributed by atoms with van der Waals surface area (Å²) in [6, 6.07) is 15.1. The third-order valence-corrected chi connectivity index (χ3v) is 5.32. The maximum absolute atomic E-state index is 13.5. The highest BCUT2D eigenvalue weighted by molar-refractivity contribution is 6.22. The number of unbranched alkanes of at least 4 members (excludes halogenated alkanes) is 1. The summed E-state index contributed by atoms with van der Waals surface area (Å²) in [6.45, 7) is 5.91. The molecule has 0 radical (unpaired) electrons. The Kier molecular flexibility index (Phi) is 7.33. The van der Waals surface area contributed by atoms with Crippen LogP contribution in [0.1, 0.15) is 32.3 Å². The summed E-state index contributed by atoms with van der Waals surface area (Å²) in [6.07, 6.45) is 2.71. The molecule has 2 aromatic carbocycles. The van der Waals surface area contributed by atoms with E-state index in [0.717, 1.165) is 37.2 Å². The molecular weight excluding hydrogens is 378 g/mol. The molecule has 3 rings (SSSR count). The quantitative estimate of drug-likeness (QED) is 0.625. The number of amides is 1. The first-order valence-corrected chi connectivity index (χ1v) is 10.6. The average molecular weight is 410 g/mol. The van der Waals surface area contributed by atoms with Gasteiger partial charge in [0.25, 0.3) is 5.91 Å². The van der Waals surface area contributed by atoms with Crippen LogP contribution in [-0.4, -0.2) is 50.1 Å². The Morgan fingerprint density at radius 3 is 2.40 bits per heavy atom. The third kappa shape index (κ3) is 4.58. The van der Waals surface area contributed by atoms with Crippen LogP contribution in [0.15, 0.2) is 53.5 Å². The fourth-order valence-corrected chi connectivity index (χ4v) is 3.65. The molecule has 6 heteroatoms. The van der Waals surface area contributed by atoms with E-state index in [4.69, 9.17) is 14.5 Å². The highest BCUT2D eigenvalue weighted by Crippen LogP contribution is 2.34. The van der Waals surface area contributed by atoms with Crippen LogP contribution in [0.25, 0.3) is 0 Å². The number of methoxy groups -OCH3 is 2. The van der Waals surface area contributed by atoms with Gasteiger partial charge in [0.15, 0.2) is 11.5 Å². The number of rotatable bonds is 9. The summed E-state index contributed by atoms with van der Waals surface area (Å²) in [5, 5.41) is 0. The van der Waals surface area contributed by atoms with E-state index in [9.17, 15) is 4.79 Å². The predicted octanol–water partition coefficient (Wildman–Crippen LogP) is 4.14. The molecule has 1 atom stereocenters. The number of benzene rings is 2. The second-order valence-electron chi connectivity index (χ2n) is 7.28. The molecule has 2 aromatic rings. The minimum atomic E-state index is -0.439. The Balaban J connectivity index is 1.98. The first kappa shape index (κ1) is 21.7. The van der Waals surface area contributed by atoms with Gasteiger partial charge in [0.05, 0.1) is 19.9 Å². The number of anilines is 1. The van der Waals surface area contributed by atoms with E-state index in [0.29, 0.717) is 23.9 Å². The molecule has 6 nitrogen and oxygen atoms in total. The van der Waals surface area contributed by atoms with E-state index >= 15 is 0 Å². The molecular formula is C24H31N3O3. The highest BCUT2D eigenvalue weighted by Gasteiger charge is 2.38. The lowest BCUT2D eigenvalue weighted by molar-refractivity contribution is -0.118. The van der Waals surface area contributed by atoms with Gasteiger partial charge in [0.1, 0.15) is 6.04 Å². The highest BCUT2D eigenvalue weighted by atomic mass is 16.5. The van der Waals surface area contributed by atoms with Gasteiger partial charge in [0.2, 0.25) is 5.96 Å². The van der Waals surface area contributed by atoms with E-state index in [1.165, 1.54) is 0 Å². The average Bonchev–Trinajstić information content (AvgIpc) is 3.10. The van der Waals surface area contributed by atoms with Crippen molar-refractivity contribution in [3.8, 4) is 11.5 Å². The molecule has 0 saturated heterocycles. The van der Waals surface area contributed by atoms with E-state index < -0.39 is 6.04 Å². The van der Waals surface area contributed by atoms with Gasteiger partial charge in [-0.3, -0.25) is 4.79 Å². The minimum absolute atomic E-state index is 0.0176. The Labute approximate surface area is 179 Å². The van der Waals surface area contributed by atoms with Gasteiger partial charge < -0.3 is 14.4 Å². The summed E-state index contributed by atoms with van der Waals surface area (Å²) in [4.78, 5) is 22.3. The number of hydrogen-bond donors (Lipinski definition) is 0. The number of hydrogen-bond acceptors (Lipinski definition) is 5. The molecule has 0 spiro atoms. The molecule has 1 heterocycles. The summed E-state index contributed by atoms with van der Waals surface area (Å²) in [5.74, 6) is 1.91. The summed E-state index contributed by atoms with van der Waals surface area (Å²) in [5.41, 5.74) is 1.84. The summed E-state index contributed by atoms with van der Waals surface area (Å²) in [7, 11) is 3.20. The van der Waals surface area contributed by atoms with Gasteiger partial charge in [-0.15, -0.1) is 0 Å². The molecule has 1 aliphatic heterocycles. The number of aliphatic imine (C=N–C) groups is 1. The number of ether oxygens (including phenoxy) is 2. The van der Waals surface area contributed by atoms with E-state index in [1.807, 2.05) is 48.5 Å². The zero-order chi connectivity index (χ0) is 21.5. The second-order valence-corrected chi connectivity index (χ2v) is 7.28. The molecule has 0 saturated carbocycles. The fourth-order valence-electron chi connectivity index (χ4n) is 3.65. The van der Waals surface area contributed by atoms with Crippen LogP contribution in [0.4, 0.5) is 5.69 Å². The van der Waals surface area contributed by atoms with Crippen molar-refractivity contribution in [3.05, 3.63) is 54.1 Å². The zero-order valence-corrected chi connectivity index (χ0v) is 18.3. The number of nitrogens with zero attached hydrogens (tertiary/aromatic N) is 3. The minimum Gasteiger partial charge on any atom is -0.493 e. The molecule has 0 fully saturated rings. The number of carbonyl (C=O) groups is 1. The van der Waals surface area contributed by atoms with Gasteiger partial charge in [-0.05, 0) is 31.0 Å². The lowest BCUT2D eigenvalue weighted by Crippen LogP contribution is -2.45. The van der Waals surface area contributed by atoms with Crippen molar-refractivity contribution in [1.29, 1.82) is 0 Å². The monoisotopic (exact) mass is 409 g/mol. The second kappa shape index (κ2) is 10.1. The molecule has 0 aromatic heterocycles. The van der Waals surface area contributed by atoms with Crippen molar-refractivity contribution >= 4 is 17.6 Å². The van der Waals surface area contributed by atoms with Crippen molar-refractivity contribution in [2.75, 3.05) is 32.2 Å². The maximum atomic E-state index is 13.5. The normalized spacial score (nSPS) is 15.9. The summed E-state index contributed by atoms with van der Waals surface area (Å²) >= 11 is 0. The molecule has 30 heavy (non-hydrogen) atoms. The summed E-state index contributed by atoms with van der Waals surface area (Å²) < 4.78 is 10.8. The smallest absolute Gasteiger partial charge is 0.259 e. The molecule has 1 aliphatic rings. The van der Waals surface area contributed by atoms with Crippen LogP contribution in [-0.2, 0) is 11.2 Å². The van der Waals surface area contributed by atoms with E-state index in [-0.39, 0.29) is 5.91 Å². The first-order valence-electron chi connectivity index (χ1n) is 10.6. The standard InChI is InChI=1S/C24H31N3O3/c1-5-7-15-26(6-2)24-25-20(16-18-11-9-8-10-12-18)23(28)27(24)19-13-14-21(29-3)22(17-19)30-4/h8-14,17,20H,5-7,15-16H2,1-4H3. The molecule has 0 N–H and O–H groups in total. The van der Waals surface area contributed by atoms with Crippen LogP contribution in [0.5, 0.6) is 11.5 Å². The number of carbonyl (C=O) groups excluding carboxylic acids is 1. The predicted molar refractivity (Wildman–Crippen MR) is 121 cm³/mol. The number of guanidine groups is 1. The van der Waals surface area contributed by atoms with Gasteiger partial charge in [-0.25, -0.2) is 9.89 Å². The van der Waals surface area contributed by atoms with Crippen molar-refractivity contribution in [2.45, 2.75) is 39.2 Å². The van der Waals surface area contributed by atoms with Gasteiger partial charge in [0, 0.05) is 25.6 Å². The maximum Gasteiger partial charge on any atom is 0.259 e. The Hall–Kier alpha value is -3.02. The van der Waals surface area contributed by atoms with Crippen LogP contribution in [0, 0.1) is 0 Å². The van der Waals surface area contributed by atoms with Crippen LogP contribution >= 0.6 is 0 Å². The van der Waals surface area contributed by atoms with Crippen molar-refractivity contribution < 1.29 is 14.3 Å². The van der Waals surface area contributed by atoms with Gasteiger partial charge in [-0.1, -0.05) is 43.7 Å². The Morgan fingerprint density at radius 1 is 1.03 bits per heavy atom. The van der Waals surface area contributed by atoms with Crippen LogP contribution in [0.3, 0.4) is 0 Å². The van der Waals surface area contributed by atoms with Gasteiger partial charge in [-0.2, -0.15) is 0 Å². The molecule has 160 valence electrons. The lowest BCUT2D eigenvalue weighted by atomic mass is 10.1. The third-order valence-electron chi connectivity index (χ3n) is 5.32. The molecule has 1 unspecified atom stereocenters. The van der Waals surface area contributed by atoms with Crippen LogP contribution in [0.2, 0.25) is 0 Å². The zero-order valence-electron chi connectivity index (χ0n) is 18.3. The molecule has 0 aliphatic carbocycles. The lowest BCUT2D eigenvalue weighted by Gasteiger charge is -2.29. The van der Waals surface area contributed by atoms with Crippen molar-refractivity contribution in [3.63, 3.8) is 0 Å². The van der Waals surface area contributed by atoms with Gasteiger partial charge >= 0.3 is 0 Å². The molecule has 1 amide bonds. The van der Waals surface area contributed by atoms with Crippen molar-refractivity contribution in [2.24, 2.45) is 4.99 Å². The van der Waals surface area contributed by atoms with Crippen LogP contribution < -0.4 is 14.4 Å². The Bertz CT molecular complexity index is 883.